The molecule has 0 saturated carbocycles. The van der Waals surface area contributed by atoms with Crippen molar-refractivity contribution in [2.24, 2.45) is 0 Å². The van der Waals surface area contributed by atoms with Crippen molar-refractivity contribution in [3.05, 3.63) is 11.6 Å². The van der Waals surface area contributed by atoms with Gasteiger partial charge < -0.3 is 0 Å². The number of terminal acetylenes is 1. The second kappa shape index (κ2) is 5.08. The summed E-state index contributed by atoms with van der Waals surface area (Å²) in [4.78, 5) is 10.4. The quantitative estimate of drug-likeness (QED) is 0.265. The van der Waals surface area contributed by atoms with Gasteiger partial charge in [-0.3, -0.25) is 4.79 Å². The molecule has 0 aromatic carbocycles. The number of hydrogen-bond acceptors (Lipinski definition) is 1. The molecule has 0 atom stereocenters. The van der Waals surface area contributed by atoms with Crippen LogP contribution in [0.2, 0.25) is 0 Å². The van der Waals surface area contributed by atoms with E-state index in [4.69, 9.17) is 18.0 Å². The molecule has 0 aromatic rings. The van der Waals surface area contributed by atoms with Gasteiger partial charge in [-0.25, -0.2) is 0 Å². The van der Waals surface area contributed by atoms with E-state index in [1.807, 2.05) is 0 Å². The molecule has 0 aliphatic heterocycles. The molecule has 0 spiro atoms. The lowest BCUT2D eigenvalue weighted by Gasteiger charge is -1.88. The van der Waals surface area contributed by atoms with E-state index in [0.29, 0.717) is 12.0 Å². The zero-order valence-corrected chi connectivity index (χ0v) is 6.61. The highest BCUT2D eigenvalue weighted by Gasteiger charge is 1.95. The lowest BCUT2D eigenvalue weighted by atomic mass is 10.2. The fraction of sp³-hybridized carbons (Fsp3) is 0.375. The highest BCUT2D eigenvalue weighted by molar-refractivity contribution is 6.67. The Kier molecular flexibility index (Phi) is 4.70. The first-order valence-corrected chi connectivity index (χ1v) is 3.36. The fourth-order valence-corrected chi connectivity index (χ4v) is 0.529. The number of carbonyl (C=O) groups is 1. The van der Waals surface area contributed by atoms with Crippen LogP contribution >= 0.6 is 11.6 Å². The van der Waals surface area contributed by atoms with Gasteiger partial charge in [0, 0.05) is 12.0 Å². The van der Waals surface area contributed by atoms with Crippen molar-refractivity contribution in [1.29, 1.82) is 0 Å². The standard InChI is InChI=1S/C8H9ClO/c1-3-4-5-6-7(2)8(9)10/h1,6H,4-5H2,2H3/b7-6-. The molecule has 0 aliphatic rings. The molecule has 0 aromatic heterocycles. The smallest absolute Gasteiger partial charge is 0.247 e. The molecule has 10 heavy (non-hydrogen) atoms. The molecule has 0 heterocycles. The number of rotatable bonds is 3. The summed E-state index contributed by atoms with van der Waals surface area (Å²) in [6.07, 6.45) is 8.12. The second-order valence-electron chi connectivity index (χ2n) is 1.90. The summed E-state index contributed by atoms with van der Waals surface area (Å²) in [7, 11) is 0. The van der Waals surface area contributed by atoms with Crippen LogP contribution in [0, 0.1) is 12.3 Å². The fourth-order valence-electron chi connectivity index (χ4n) is 0.452. The minimum atomic E-state index is -0.406. The normalized spacial score (nSPS) is 10.7. The van der Waals surface area contributed by atoms with Crippen LogP contribution in [0.4, 0.5) is 0 Å². The minimum Gasteiger partial charge on any atom is -0.276 e. The summed E-state index contributed by atoms with van der Waals surface area (Å²) in [6, 6.07) is 0. The summed E-state index contributed by atoms with van der Waals surface area (Å²) >= 11 is 5.15. The third-order valence-corrected chi connectivity index (χ3v) is 1.35. The third kappa shape index (κ3) is 4.17. The Bertz CT molecular complexity index is 186. The molecule has 2 heteroatoms. The maximum absolute atomic E-state index is 10.4. The van der Waals surface area contributed by atoms with Crippen molar-refractivity contribution in [3.63, 3.8) is 0 Å². The number of allylic oxidation sites excluding steroid dienone is 2. The number of halogens is 1. The Hall–Kier alpha value is -0.740. The van der Waals surface area contributed by atoms with Crippen LogP contribution in [0.3, 0.4) is 0 Å². The Morgan fingerprint density at radius 3 is 2.80 bits per heavy atom. The van der Waals surface area contributed by atoms with Gasteiger partial charge in [-0.2, -0.15) is 0 Å². The molecular weight excluding hydrogens is 148 g/mol. The molecule has 0 N–H and O–H groups in total. The predicted molar refractivity (Wildman–Crippen MR) is 42.7 cm³/mol. The van der Waals surface area contributed by atoms with Crippen LogP contribution in [0.25, 0.3) is 0 Å². The molecule has 0 bridgehead atoms. The van der Waals surface area contributed by atoms with Crippen molar-refractivity contribution in [1.82, 2.24) is 0 Å². The zero-order valence-electron chi connectivity index (χ0n) is 5.86. The average Bonchev–Trinajstić information content (AvgIpc) is 1.88. The van der Waals surface area contributed by atoms with Crippen LogP contribution in [0.1, 0.15) is 19.8 Å². The first-order chi connectivity index (χ1) is 4.68. The Morgan fingerprint density at radius 1 is 1.80 bits per heavy atom. The molecule has 0 rings (SSSR count). The zero-order chi connectivity index (χ0) is 7.98. The predicted octanol–water partition coefficient (Wildman–Crippen LogP) is 2.11. The molecule has 0 amide bonds. The first-order valence-electron chi connectivity index (χ1n) is 2.98. The number of unbranched alkanes of at least 4 members (excludes halogenated alkanes) is 1. The van der Waals surface area contributed by atoms with Gasteiger partial charge in [0.2, 0.25) is 5.24 Å². The molecule has 54 valence electrons. The highest BCUT2D eigenvalue weighted by Crippen LogP contribution is 2.01. The van der Waals surface area contributed by atoms with E-state index in [2.05, 4.69) is 5.92 Å². The van der Waals surface area contributed by atoms with E-state index in [-0.39, 0.29) is 0 Å². The number of hydrogen-bond donors (Lipinski definition) is 0. The van der Waals surface area contributed by atoms with Gasteiger partial charge in [0.25, 0.3) is 0 Å². The Morgan fingerprint density at radius 2 is 2.40 bits per heavy atom. The molecule has 0 unspecified atom stereocenters. The van der Waals surface area contributed by atoms with E-state index >= 15 is 0 Å². The molecule has 0 radical (unpaired) electrons. The van der Waals surface area contributed by atoms with Crippen LogP contribution in [-0.4, -0.2) is 5.24 Å². The van der Waals surface area contributed by atoms with Gasteiger partial charge in [0.05, 0.1) is 0 Å². The van der Waals surface area contributed by atoms with Crippen molar-refractivity contribution in [2.45, 2.75) is 19.8 Å². The molecular formula is C8H9ClO. The maximum Gasteiger partial charge on any atom is 0.247 e. The molecule has 1 nitrogen and oxygen atoms in total. The van der Waals surface area contributed by atoms with E-state index in [1.54, 1.807) is 13.0 Å². The van der Waals surface area contributed by atoms with Gasteiger partial charge in [0.15, 0.2) is 0 Å². The number of carbonyl (C=O) groups excluding carboxylic acids is 1. The van der Waals surface area contributed by atoms with Gasteiger partial charge >= 0.3 is 0 Å². The van der Waals surface area contributed by atoms with Crippen molar-refractivity contribution in [3.8, 4) is 12.3 Å². The lowest BCUT2D eigenvalue weighted by Crippen LogP contribution is -1.86. The van der Waals surface area contributed by atoms with Crippen molar-refractivity contribution in [2.75, 3.05) is 0 Å². The summed E-state index contributed by atoms with van der Waals surface area (Å²) < 4.78 is 0. The first kappa shape index (κ1) is 9.26. The van der Waals surface area contributed by atoms with Gasteiger partial charge in [-0.05, 0) is 24.9 Å². The van der Waals surface area contributed by atoms with Gasteiger partial charge in [-0.15, -0.1) is 12.3 Å². The van der Waals surface area contributed by atoms with Crippen LogP contribution in [-0.2, 0) is 4.79 Å². The van der Waals surface area contributed by atoms with Crippen LogP contribution < -0.4 is 0 Å². The van der Waals surface area contributed by atoms with Gasteiger partial charge in [-0.1, -0.05) is 6.08 Å². The third-order valence-electron chi connectivity index (χ3n) is 1.05. The summed E-state index contributed by atoms with van der Waals surface area (Å²) in [6.45, 7) is 1.67. The van der Waals surface area contributed by atoms with E-state index < -0.39 is 5.24 Å². The van der Waals surface area contributed by atoms with E-state index in [0.717, 1.165) is 6.42 Å². The average molecular weight is 157 g/mol. The monoisotopic (exact) mass is 156 g/mol. The van der Waals surface area contributed by atoms with E-state index in [1.165, 1.54) is 0 Å². The molecule has 0 fully saturated rings. The Balaban J connectivity index is 3.72. The van der Waals surface area contributed by atoms with E-state index in [9.17, 15) is 4.79 Å². The lowest BCUT2D eigenvalue weighted by molar-refractivity contribution is -0.108. The minimum absolute atomic E-state index is 0.406. The molecule has 0 aliphatic carbocycles. The van der Waals surface area contributed by atoms with Crippen LogP contribution in [0.5, 0.6) is 0 Å². The van der Waals surface area contributed by atoms with Crippen molar-refractivity contribution >= 4 is 16.8 Å². The van der Waals surface area contributed by atoms with Crippen molar-refractivity contribution < 1.29 is 4.79 Å². The highest BCUT2D eigenvalue weighted by atomic mass is 35.5. The Labute approximate surface area is 66.1 Å². The maximum atomic E-state index is 10.4. The van der Waals surface area contributed by atoms with Gasteiger partial charge in [0.1, 0.15) is 0 Å². The summed E-state index contributed by atoms with van der Waals surface area (Å²) in [5.41, 5.74) is 0.567. The summed E-state index contributed by atoms with van der Waals surface area (Å²) in [5.74, 6) is 2.46. The molecule has 0 saturated heterocycles. The largest absolute Gasteiger partial charge is 0.276 e. The summed E-state index contributed by atoms with van der Waals surface area (Å²) in [5, 5.41) is -0.406. The SMILES string of the molecule is C#CCC/C=C(/C)C(=O)Cl. The topological polar surface area (TPSA) is 17.1 Å². The second-order valence-corrected chi connectivity index (χ2v) is 2.25. The van der Waals surface area contributed by atoms with Crippen LogP contribution in [0.15, 0.2) is 11.6 Å².